The number of hydrogen-bond donors (Lipinski definition) is 1. The lowest BCUT2D eigenvalue weighted by atomic mass is 10.0. The summed E-state index contributed by atoms with van der Waals surface area (Å²) in [6.45, 7) is 4.81. The minimum absolute atomic E-state index is 0.383. The molecule has 0 bridgehead atoms. The third-order valence-electron chi connectivity index (χ3n) is 3.60. The van der Waals surface area contributed by atoms with E-state index in [1.807, 2.05) is 0 Å². The molecule has 1 fully saturated rings. The van der Waals surface area contributed by atoms with E-state index in [9.17, 15) is 0 Å². The van der Waals surface area contributed by atoms with Gasteiger partial charge in [0.05, 0.1) is 6.61 Å². The van der Waals surface area contributed by atoms with Gasteiger partial charge in [-0.15, -0.1) is 0 Å². The van der Waals surface area contributed by atoms with Crippen molar-refractivity contribution in [2.75, 3.05) is 13.1 Å². The minimum atomic E-state index is -0.383. The van der Waals surface area contributed by atoms with E-state index < -0.39 is 0 Å². The molecule has 0 aromatic heterocycles. The lowest BCUT2D eigenvalue weighted by Gasteiger charge is -2.37. The third kappa shape index (κ3) is 2.17. The van der Waals surface area contributed by atoms with Crippen LogP contribution in [-0.4, -0.2) is 18.9 Å². The summed E-state index contributed by atoms with van der Waals surface area (Å²) >= 11 is 0. The molecule has 3 heteroatoms. The van der Waals surface area contributed by atoms with Gasteiger partial charge in [-0.25, -0.2) is 0 Å². The van der Waals surface area contributed by atoms with Crippen molar-refractivity contribution in [1.29, 1.82) is 0 Å². The highest BCUT2D eigenvalue weighted by atomic mass is 16.7. The molecule has 1 N–H and O–H groups in total. The number of hydrogen-bond acceptors (Lipinski definition) is 3. The Morgan fingerprint density at radius 3 is 3.12 bits per heavy atom. The smallest absolute Gasteiger partial charge is 0.212 e. The second-order valence-corrected chi connectivity index (χ2v) is 5.02. The Hall–Kier alpha value is -1.06. The van der Waals surface area contributed by atoms with Crippen LogP contribution in [0.25, 0.3) is 0 Å². The van der Waals surface area contributed by atoms with Crippen molar-refractivity contribution in [3.8, 4) is 5.75 Å². The van der Waals surface area contributed by atoms with E-state index in [4.69, 9.17) is 9.47 Å². The summed E-state index contributed by atoms with van der Waals surface area (Å²) < 4.78 is 12.1. The van der Waals surface area contributed by atoms with Crippen LogP contribution in [0.3, 0.4) is 0 Å². The zero-order valence-electron chi connectivity index (χ0n) is 10.3. The number of fused-ring (bicyclic) bond motifs is 1. The Morgan fingerprint density at radius 1 is 1.24 bits per heavy atom. The molecule has 0 aliphatic carbocycles. The molecule has 2 aliphatic rings. The molecule has 1 saturated heterocycles. The molecule has 2 aliphatic heterocycles. The molecule has 0 amide bonds. The van der Waals surface area contributed by atoms with Gasteiger partial charge < -0.3 is 14.8 Å². The van der Waals surface area contributed by atoms with Crippen LogP contribution >= 0.6 is 0 Å². The Morgan fingerprint density at radius 2 is 2.18 bits per heavy atom. The Labute approximate surface area is 102 Å². The maximum Gasteiger partial charge on any atom is 0.212 e. The quantitative estimate of drug-likeness (QED) is 0.746. The highest BCUT2D eigenvalue weighted by molar-refractivity contribution is 5.37. The molecule has 3 rings (SSSR count). The first kappa shape index (κ1) is 11.1. The van der Waals surface area contributed by atoms with E-state index >= 15 is 0 Å². The van der Waals surface area contributed by atoms with Gasteiger partial charge in [0.2, 0.25) is 5.79 Å². The number of aryl methyl sites for hydroxylation is 1. The summed E-state index contributed by atoms with van der Waals surface area (Å²) in [5.41, 5.74) is 2.43. The van der Waals surface area contributed by atoms with Crippen molar-refractivity contribution in [2.24, 2.45) is 0 Å². The maximum absolute atomic E-state index is 6.13. The second kappa shape index (κ2) is 4.31. The molecule has 0 radical (unpaired) electrons. The Kier molecular flexibility index (Phi) is 2.81. The summed E-state index contributed by atoms with van der Waals surface area (Å²) in [5.74, 6) is 0.620. The monoisotopic (exact) mass is 233 g/mol. The molecule has 17 heavy (non-hydrogen) atoms. The summed E-state index contributed by atoms with van der Waals surface area (Å²) in [7, 11) is 0. The van der Waals surface area contributed by atoms with Gasteiger partial charge in [0, 0.05) is 24.9 Å². The van der Waals surface area contributed by atoms with Gasteiger partial charge in [0.1, 0.15) is 5.75 Å². The van der Waals surface area contributed by atoms with Crippen LogP contribution in [0.2, 0.25) is 0 Å². The zero-order valence-corrected chi connectivity index (χ0v) is 10.3. The fraction of sp³-hybridized carbons (Fsp3) is 0.571. The Bertz CT molecular complexity index is 409. The molecule has 1 atom stereocenters. The number of benzene rings is 1. The van der Waals surface area contributed by atoms with Gasteiger partial charge in [-0.2, -0.15) is 0 Å². The van der Waals surface area contributed by atoms with E-state index in [1.165, 1.54) is 11.1 Å². The van der Waals surface area contributed by atoms with Crippen LogP contribution < -0.4 is 10.1 Å². The van der Waals surface area contributed by atoms with Crippen LogP contribution in [-0.2, 0) is 11.3 Å². The average Bonchev–Trinajstić information content (AvgIpc) is 2.56. The van der Waals surface area contributed by atoms with E-state index in [0.29, 0.717) is 6.61 Å². The first-order valence-electron chi connectivity index (χ1n) is 6.41. The van der Waals surface area contributed by atoms with Crippen LogP contribution in [0.1, 0.15) is 30.4 Å². The van der Waals surface area contributed by atoms with Crippen molar-refractivity contribution in [2.45, 2.75) is 38.6 Å². The third-order valence-corrected chi connectivity index (χ3v) is 3.60. The lowest BCUT2D eigenvalue weighted by Crippen LogP contribution is -2.42. The predicted octanol–water partition coefficient (Wildman–Crippen LogP) is 2.37. The van der Waals surface area contributed by atoms with E-state index in [2.05, 4.69) is 30.4 Å². The van der Waals surface area contributed by atoms with E-state index in [1.54, 1.807) is 0 Å². The predicted molar refractivity (Wildman–Crippen MR) is 66.0 cm³/mol. The van der Waals surface area contributed by atoms with Crippen LogP contribution in [0.5, 0.6) is 5.75 Å². The normalized spacial score (nSPS) is 28.3. The SMILES string of the molecule is Cc1ccc2c(c1)COC1(CCCNCC1)O2. The molecule has 2 heterocycles. The first-order valence-corrected chi connectivity index (χ1v) is 6.41. The largest absolute Gasteiger partial charge is 0.462 e. The van der Waals surface area contributed by atoms with E-state index in [-0.39, 0.29) is 5.79 Å². The zero-order chi connectivity index (χ0) is 11.7. The fourth-order valence-corrected chi connectivity index (χ4v) is 2.62. The minimum Gasteiger partial charge on any atom is -0.462 e. The summed E-state index contributed by atoms with van der Waals surface area (Å²) in [5, 5.41) is 3.39. The Balaban J connectivity index is 1.85. The molecule has 1 unspecified atom stereocenters. The van der Waals surface area contributed by atoms with Gasteiger partial charge in [0.15, 0.2) is 0 Å². The van der Waals surface area contributed by atoms with Gasteiger partial charge in [-0.3, -0.25) is 0 Å². The fourth-order valence-electron chi connectivity index (χ4n) is 2.62. The number of rotatable bonds is 0. The summed E-state index contributed by atoms with van der Waals surface area (Å²) in [6, 6.07) is 6.33. The second-order valence-electron chi connectivity index (χ2n) is 5.02. The molecule has 92 valence electrons. The van der Waals surface area contributed by atoms with Crippen molar-refractivity contribution in [1.82, 2.24) is 5.32 Å². The molecular weight excluding hydrogens is 214 g/mol. The molecule has 1 aromatic carbocycles. The van der Waals surface area contributed by atoms with Crippen molar-refractivity contribution >= 4 is 0 Å². The number of nitrogens with one attached hydrogen (secondary N) is 1. The van der Waals surface area contributed by atoms with Gasteiger partial charge in [-0.1, -0.05) is 17.7 Å². The van der Waals surface area contributed by atoms with Crippen molar-refractivity contribution < 1.29 is 9.47 Å². The molecule has 3 nitrogen and oxygen atoms in total. The molecule has 1 aromatic rings. The van der Waals surface area contributed by atoms with Gasteiger partial charge in [0.25, 0.3) is 0 Å². The van der Waals surface area contributed by atoms with Crippen molar-refractivity contribution in [3.05, 3.63) is 29.3 Å². The highest BCUT2D eigenvalue weighted by Gasteiger charge is 2.37. The molecule has 1 spiro atoms. The van der Waals surface area contributed by atoms with Crippen LogP contribution in [0.15, 0.2) is 18.2 Å². The number of ether oxygens (including phenoxy) is 2. The standard InChI is InChI=1S/C14H19NO2/c1-11-3-4-13-12(9-11)10-16-14(17-13)5-2-7-15-8-6-14/h3-4,9,15H,2,5-8,10H2,1H3. The summed E-state index contributed by atoms with van der Waals surface area (Å²) in [6.07, 6.45) is 3.02. The first-order chi connectivity index (χ1) is 8.27. The average molecular weight is 233 g/mol. The van der Waals surface area contributed by atoms with Gasteiger partial charge >= 0.3 is 0 Å². The summed E-state index contributed by atoms with van der Waals surface area (Å²) in [4.78, 5) is 0. The van der Waals surface area contributed by atoms with Crippen molar-refractivity contribution in [3.63, 3.8) is 0 Å². The maximum atomic E-state index is 6.13. The molecule has 0 saturated carbocycles. The lowest BCUT2D eigenvalue weighted by molar-refractivity contribution is -0.211. The topological polar surface area (TPSA) is 30.5 Å². The van der Waals surface area contributed by atoms with Crippen LogP contribution in [0.4, 0.5) is 0 Å². The van der Waals surface area contributed by atoms with E-state index in [0.717, 1.165) is 38.1 Å². The van der Waals surface area contributed by atoms with Gasteiger partial charge in [-0.05, 0) is 26.0 Å². The molecular formula is C14H19NO2. The highest BCUT2D eigenvalue weighted by Crippen LogP contribution is 2.36. The van der Waals surface area contributed by atoms with Crippen LogP contribution in [0, 0.1) is 6.92 Å².